The van der Waals surface area contributed by atoms with E-state index in [0.29, 0.717) is 20.7 Å². The quantitative estimate of drug-likeness (QED) is 0.323. The Kier molecular flexibility index (Phi) is 9.85. The van der Waals surface area contributed by atoms with Crippen molar-refractivity contribution in [3.8, 4) is 0 Å². The third-order valence-corrected chi connectivity index (χ3v) is 8.44. The molecule has 3 N–H and O–H groups in total. The largest absolute Gasteiger partial charge is 0.465 e. The van der Waals surface area contributed by atoms with E-state index < -0.39 is 59.3 Å². The summed E-state index contributed by atoms with van der Waals surface area (Å²) in [5.74, 6) is -2.91. The van der Waals surface area contributed by atoms with Gasteiger partial charge >= 0.3 is 12.3 Å². The summed E-state index contributed by atoms with van der Waals surface area (Å²) in [6.07, 6.45) is -4.78. The summed E-state index contributed by atoms with van der Waals surface area (Å²) in [7, 11) is 0. The second-order valence-corrected chi connectivity index (χ2v) is 12.3. The van der Waals surface area contributed by atoms with Gasteiger partial charge in [-0.15, -0.1) is 0 Å². The number of hydrogen-bond donors (Lipinski definition) is 3. The van der Waals surface area contributed by atoms with E-state index in [4.69, 9.17) is 0 Å². The molecule has 1 aromatic carbocycles. The zero-order chi connectivity index (χ0) is 33.2. The second-order valence-electron chi connectivity index (χ2n) is 11.5. The number of rotatable bonds is 10. The molecule has 1 aromatic heterocycles. The van der Waals surface area contributed by atoms with E-state index in [1.54, 1.807) is 18.2 Å². The van der Waals surface area contributed by atoms with Gasteiger partial charge in [0.2, 0.25) is 11.8 Å². The topological polar surface area (TPSA) is 144 Å². The Morgan fingerprint density at radius 1 is 1.18 bits per heavy atom. The van der Waals surface area contributed by atoms with Crippen LogP contribution in [0, 0.1) is 11.2 Å². The molecule has 3 heterocycles. The van der Waals surface area contributed by atoms with Crippen molar-refractivity contribution in [2.75, 3.05) is 19.6 Å². The van der Waals surface area contributed by atoms with Crippen LogP contribution >= 0.6 is 15.9 Å². The number of hydrazone groups is 1. The molecule has 1 saturated heterocycles. The number of nitrogens with one attached hydrogen (secondary N) is 2. The van der Waals surface area contributed by atoms with Crippen LogP contribution in [0.25, 0.3) is 0 Å². The number of nitrogens with zero attached hydrogens (tertiary/aromatic N) is 4. The average molecular weight is 700 g/mol. The first-order valence-corrected chi connectivity index (χ1v) is 14.7. The monoisotopic (exact) mass is 698 g/mol. The first-order valence-electron chi connectivity index (χ1n) is 13.9. The van der Waals surface area contributed by atoms with Gasteiger partial charge in [-0.25, -0.2) is 14.2 Å². The molecular weight excluding hydrogens is 668 g/mol. The Morgan fingerprint density at radius 2 is 1.91 bits per heavy atom. The Bertz CT molecular complexity index is 1510. The van der Waals surface area contributed by atoms with E-state index in [0.717, 1.165) is 0 Å². The fourth-order valence-corrected chi connectivity index (χ4v) is 5.88. The van der Waals surface area contributed by atoms with E-state index >= 15 is 0 Å². The Hall–Kier alpha value is -4.08. The SMILES string of the molecule is CC(C)(NC(=O)O)C(=O)NC(CCc1cc(F)ccc1Br)C(=O)N1CCC2=NN(CC(F)(F)F)C(=O)C2(Cc2ccccn2)C1. The summed E-state index contributed by atoms with van der Waals surface area (Å²) in [5, 5.41) is 18.3. The number of fused-ring (bicyclic) bond motifs is 1. The fraction of sp³-hybridized carbons (Fsp3) is 0.448. The van der Waals surface area contributed by atoms with Gasteiger partial charge in [-0.1, -0.05) is 22.0 Å². The van der Waals surface area contributed by atoms with E-state index in [9.17, 15) is 41.8 Å². The lowest BCUT2D eigenvalue weighted by Crippen LogP contribution is -2.62. The fourth-order valence-electron chi connectivity index (χ4n) is 5.44. The van der Waals surface area contributed by atoms with Gasteiger partial charge in [-0.3, -0.25) is 19.4 Å². The number of pyridine rings is 1. The van der Waals surface area contributed by atoms with Gasteiger partial charge in [0.15, 0.2) is 0 Å². The van der Waals surface area contributed by atoms with Crippen molar-refractivity contribution in [1.82, 2.24) is 25.5 Å². The Labute approximate surface area is 264 Å². The number of piperidine rings is 1. The Morgan fingerprint density at radius 3 is 2.56 bits per heavy atom. The maximum absolute atomic E-state index is 14.1. The zero-order valence-electron chi connectivity index (χ0n) is 24.3. The van der Waals surface area contributed by atoms with E-state index in [-0.39, 0.29) is 44.5 Å². The van der Waals surface area contributed by atoms with Crippen molar-refractivity contribution in [3.05, 3.63) is 64.1 Å². The first kappa shape index (κ1) is 33.8. The number of carboxylic acid groups (broad SMARTS) is 1. The molecule has 0 bridgehead atoms. The second kappa shape index (κ2) is 13.1. The summed E-state index contributed by atoms with van der Waals surface area (Å²) >= 11 is 3.34. The predicted octanol–water partition coefficient (Wildman–Crippen LogP) is 3.67. The van der Waals surface area contributed by atoms with Crippen LogP contribution in [0.5, 0.6) is 0 Å². The molecule has 2 aliphatic rings. The van der Waals surface area contributed by atoms with Crippen molar-refractivity contribution >= 4 is 45.5 Å². The average Bonchev–Trinajstić information content (AvgIpc) is 3.20. The van der Waals surface area contributed by atoms with Crippen LogP contribution in [-0.4, -0.2) is 86.9 Å². The lowest BCUT2D eigenvalue weighted by molar-refractivity contribution is -0.164. The lowest BCUT2D eigenvalue weighted by atomic mass is 9.74. The minimum atomic E-state index is -4.72. The number of carbonyl (C=O) groups is 4. The molecule has 2 atom stereocenters. The van der Waals surface area contributed by atoms with E-state index in [1.165, 1.54) is 43.1 Å². The number of halogens is 5. The molecule has 4 amide bonds. The van der Waals surface area contributed by atoms with Crippen LogP contribution < -0.4 is 10.6 Å². The van der Waals surface area contributed by atoms with Crippen molar-refractivity contribution < 1.29 is 41.8 Å². The molecule has 0 saturated carbocycles. The highest BCUT2D eigenvalue weighted by molar-refractivity contribution is 9.10. The standard InChI is InChI=1S/C29H31BrF4N6O5/c1-27(2,37-26(44)45)24(42)36-21(9-6-17-13-18(31)7-8-20(17)30)23(41)39-12-10-22-28(15-39,14-19-5-3-4-11-35-19)25(43)40(38-22)16-29(32,33)34/h3-5,7-8,11,13,21,37H,6,9-10,12,14-16H2,1-2H3,(H,36,42)(H,44,45). The van der Waals surface area contributed by atoms with E-state index in [2.05, 4.69) is 36.6 Å². The van der Waals surface area contributed by atoms with Crippen molar-refractivity contribution in [3.63, 3.8) is 0 Å². The third kappa shape index (κ3) is 7.96. The first-order chi connectivity index (χ1) is 21.0. The maximum atomic E-state index is 14.1. The minimum absolute atomic E-state index is 0.0123. The van der Waals surface area contributed by atoms with Crippen molar-refractivity contribution in [1.29, 1.82) is 0 Å². The molecule has 0 radical (unpaired) electrons. The van der Waals surface area contributed by atoms with Crippen molar-refractivity contribution in [2.24, 2.45) is 10.5 Å². The van der Waals surface area contributed by atoms with Gasteiger partial charge in [0.1, 0.15) is 29.4 Å². The van der Waals surface area contributed by atoms with Gasteiger partial charge in [0.25, 0.3) is 5.91 Å². The van der Waals surface area contributed by atoms with Gasteiger partial charge in [-0.05, 0) is 62.6 Å². The van der Waals surface area contributed by atoms with Gasteiger partial charge in [0.05, 0.1) is 5.71 Å². The summed E-state index contributed by atoms with van der Waals surface area (Å²) < 4.78 is 54.6. The normalized spacial score (nSPS) is 19.1. The number of benzene rings is 1. The minimum Gasteiger partial charge on any atom is -0.465 e. The number of alkyl halides is 3. The van der Waals surface area contributed by atoms with Crippen LogP contribution in [0.4, 0.5) is 22.4 Å². The van der Waals surface area contributed by atoms with E-state index in [1.807, 2.05) is 0 Å². The molecular formula is C29H31BrF4N6O5. The third-order valence-electron chi connectivity index (χ3n) is 7.67. The van der Waals surface area contributed by atoms with Gasteiger partial charge in [-0.2, -0.15) is 18.3 Å². The zero-order valence-corrected chi connectivity index (χ0v) is 25.9. The van der Waals surface area contributed by atoms with Crippen LogP contribution in [0.3, 0.4) is 0 Å². The molecule has 1 fully saturated rings. The molecule has 4 rings (SSSR count). The highest BCUT2D eigenvalue weighted by atomic mass is 79.9. The van der Waals surface area contributed by atoms with Gasteiger partial charge < -0.3 is 20.6 Å². The molecule has 16 heteroatoms. The van der Waals surface area contributed by atoms with Crippen LogP contribution in [-0.2, 0) is 27.2 Å². The molecule has 2 unspecified atom stereocenters. The summed E-state index contributed by atoms with van der Waals surface area (Å²) in [4.78, 5) is 57.7. The number of aryl methyl sites for hydroxylation is 1. The summed E-state index contributed by atoms with van der Waals surface area (Å²) in [5.41, 5.74) is -2.17. The van der Waals surface area contributed by atoms with Crippen LogP contribution in [0.2, 0.25) is 0 Å². The smallest absolute Gasteiger partial charge is 0.408 e. The molecule has 45 heavy (non-hydrogen) atoms. The van der Waals surface area contributed by atoms with Crippen molar-refractivity contribution in [2.45, 2.75) is 57.3 Å². The number of hydrogen-bond acceptors (Lipinski definition) is 6. The molecule has 11 nitrogen and oxygen atoms in total. The summed E-state index contributed by atoms with van der Waals surface area (Å²) in [6, 6.07) is 7.65. The Balaban J connectivity index is 1.65. The number of amides is 4. The molecule has 0 aliphatic carbocycles. The van der Waals surface area contributed by atoms with Crippen LogP contribution in [0.15, 0.2) is 52.2 Å². The lowest BCUT2D eigenvalue weighted by Gasteiger charge is -2.41. The molecule has 2 aliphatic heterocycles. The molecule has 2 aromatic rings. The molecule has 0 spiro atoms. The van der Waals surface area contributed by atoms with Crippen LogP contribution in [0.1, 0.15) is 37.9 Å². The number of likely N-dealkylation sites (tertiary alicyclic amines) is 1. The highest BCUT2D eigenvalue weighted by Crippen LogP contribution is 2.39. The predicted molar refractivity (Wildman–Crippen MR) is 156 cm³/mol. The maximum Gasteiger partial charge on any atom is 0.408 e. The summed E-state index contributed by atoms with van der Waals surface area (Å²) in [6.45, 7) is 0.668. The van der Waals surface area contributed by atoms with Gasteiger partial charge in [0, 0.05) is 42.3 Å². The number of carbonyl (C=O) groups excluding carboxylic acids is 3. The highest BCUT2D eigenvalue weighted by Gasteiger charge is 2.56. The molecule has 242 valence electrons. The number of aromatic nitrogens is 1.